The van der Waals surface area contributed by atoms with Crippen molar-refractivity contribution in [3.63, 3.8) is 0 Å². The van der Waals surface area contributed by atoms with Gasteiger partial charge in [-0.05, 0) is 30.7 Å². The van der Waals surface area contributed by atoms with Crippen LogP contribution in [0.2, 0.25) is 0 Å². The summed E-state index contributed by atoms with van der Waals surface area (Å²) < 4.78 is 36.0. The number of hydrogen-bond donors (Lipinski definition) is 1. The fraction of sp³-hybridized carbons (Fsp3) is 0.278. The third-order valence-electron chi connectivity index (χ3n) is 4.29. The number of anilines is 1. The lowest BCUT2D eigenvalue weighted by atomic mass is 10.2. The SMILES string of the molecule is CC(C(=O)NCc1ccc2c(c1)OCO2)N(c1cccc([N+](=O)[O-])c1)S(C)(=O)=O. The smallest absolute Gasteiger partial charge is 0.271 e. The largest absolute Gasteiger partial charge is 0.454 e. The highest BCUT2D eigenvalue weighted by molar-refractivity contribution is 7.92. The minimum atomic E-state index is -3.88. The number of hydrogen-bond acceptors (Lipinski definition) is 7. The van der Waals surface area contributed by atoms with Crippen molar-refractivity contribution in [3.05, 3.63) is 58.1 Å². The molecule has 10 nitrogen and oxygen atoms in total. The molecule has 11 heteroatoms. The van der Waals surface area contributed by atoms with Crippen molar-refractivity contribution in [3.8, 4) is 11.5 Å². The molecule has 1 aliphatic rings. The predicted octanol–water partition coefficient (Wildman–Crippen LogP) is 1.79. The van der Waals surface area contributed by atoms with Gasteiger partial charge in [0.25, 0.3) is 5.69 Å². The molecule has 0 bridgehead atoms. The Hall–Kier alpha value is -3.34. The van der Waals surface area contributed by atoms with Gasteiger partial charge >= 0.3 is 0 Å². The molecule has 1 N–H and O–H groups in total. The molecule has 2 aromatic rings. The van der Waals surface area contributed by atoms with Crippen LogP contribution in [0, 0.1) is 10.1 Å². The van der Waals surface area contributed by atoms with Crippen molar-refractivity contribution in [2.45, 2.75) is 19.5 Å². The molecule has 1 unspecified atom stereocenters. The molecule has 0 saturated heterocycles. The molecule has 0 fully saturated rings. The number of nitrogens with zero attached hydrogens (tertiary/aromatic N) is 2. The van der Waals surface area contributed by atoms with Crippen LogP contribution in [0.3, 0.4) is 0 Å². The fourth-order valence-electron chi connectivity index (χ4n) is 2.94. The number of rotatable bonds is 7. The highest BCUT2D eigenvalue weighted by Crippen LogP contribution is 2.32. The molecule has 0 saturated carbocycles. The predicted molar refractivity (Wildman–Crippen MR) is 104 cm³/mol. The second-order valence-electron chi connectivity index (χ2n) is 6.42. The Morgan fingerprint density at radius 3 is 2.66 bits per heavy atom. The number of carbonyl (C=O) groups excluding carboxylic acids is 1. The first-order valence-corrected chi connectivity index (χ1v) is 10.4. The van der Waals surface area contributed by atoms with Crippen LogP contribution in [0.25, 0.3) is 0 Å². The summed E-state index contributed by atoms with van der Waals surface area (Å²) in [6, 6.07) is 9.20. The number of ether oxygens (including phenoxy) is 2. The molecule has 1 heterocycles. The maximum atomic E-state index is 12.6. The highest BCUT2D eigenvalue weighted by atomic mass is 32.2. The number of nitro groups is 1. The first kappa shape index (κ1) is 20.4. The average molecular weight is 421 g/mol. The number of carbonyl (C=O) groups is 1. The summed E-state index contributed by atoms with van der Waals surface area (Å²) in [4.78, 5) is 23.0. The average Bonchev–Trinajstić information content (AvgIpc) is 3.13. The summed E-state index contributed by atoms with van der Waals surface area (Å²) >= 11 is 0. The molecule has 154 valence electrons. The van der Waals surface area contributed by atoms with Gasteiger partial charge in [0.2, 0.25) is 22.7 Å². The van der Waals surface area contributed by atoms with Crippen molar-refractivity contribution >= 4 is 27.3 Å². The number of fused-ring (bicyclic) bond motifs is 1. The summed E-state index contributed by atoms with van der Waals surface area (Å²) in [5.74, 6) is 0.626. The van der Waals surface area contributed by atoms with Crippen molar-refractivity contribution in [1.82, 2.24) is 5.32 Å². The number of sulfonamides is 1. The molecule has 2 aromatic carbocycles. The number of nitro benzene ring substituents is 1. The zero-order chi connectivity index (χ0) is 21.2. The van der Waals surface area contributed by atoms with Gasteiger partial charge in [0.05, 0.1) is 16.9 Å². The van der Waals surface area contributed by atoms with Crippen molar-refractivity contribution in [2.75, 3.05) is 17.4 Å². The first-order valence-electron chi connectivity index (χ1n) is 8.57. The molecular weight excluding hydrogens is 402 g/mol. The van der Waals surface area contributed by atoms with Crippen molar-refractivity contribution in [1.29, 1.82) is 0 Å². The normalized spacial score (nSPS) is 13.6. The molecule has 0 spiro atoms. The molecular formula is C18H19N3O7S. The Morgan fingerprint density at radius 2 is 1.97 bits per heavy atom. The van der Waals surface area contributed by atoms with Gasteiger partial charge in [-0.25, -0.2) is 8.42 Å². The third-order valence-corrected chi connectivity index (χ3v) is 5.53. The Labute approximate surface area is 167 Å². The summed E-state index contributed by atoms with van der Waals surface area (Å²) in [6.45, 7) is 1.69. The van der Waals surface area contributed by atoms with E-state index >= 15 is 0 Å². The Balaban J connectivity index is 1.77. The quantitative estimate of drug-likeness (QED) is 0.533. The van der Waals surface area contributed by atoms with Crippen LogP contribution >= 0.6 is 0 Å². The molecule has 29 heavy (non-hydrogen) atoms. The van der Waals surface area contributed by atoms with Gasteiger partial charge < -0.3 is 14.8 Å². The van der Waals surface area contributed by atoms with Crippen LogP contribution in [0.15, 0.2) is 42.5 Å². The monoisotopic (exact) mass is 421 g/mol. The van der Waals surface area contributed by atoms with Gasteiger partial charge in [0, 0.05) is 18.7 Å². The topological polar surface area (TPSA) is 128 Å². The van der Waals surface area contributed by atoms with E-state index in [2.05, 4.69) is 5.32 Å². The van der Waals surface area contributed by atoms with E-state index in [1.165, 1.54) is 25.1 Å². The van der Waals surface area contributed by atoms with E-state index in [-0.39, 0.29) is 24.7 Å². The van der Waals surface area contributed by atoms with E-state index < -0.39 is 26.9 Å². The van der Waals surface area contributed by atoms with Gasteiger partial charge in [-0.3, -0.25) is 19.2 Å². The summed E-state index contributed by atoms with van der Waals surface area (Å²) in [6.07, 6.45) is 0.938. The van der Waals surface area contributed by atoms with Crippen LogP contribution in [-0.4, -0.2) is 38.3 Å². The lowest BCUT2D eigenvalue weighted by molar-refractivity contribution is -0.384. The number of amides is 1. The number of benzene rings is 2. The van der Waals surface area contributed by atoms with Gasteiger partial charge in [0.1, 0.15) is 6.04 Å². The second kappa shape index (κ2) is 7.95. The fourth-order valence-corrected chi connectivity index (χ4v) is 4.11. The van der Waals surface area contributed by atoms with Crippen LogP contribution in [0.4, 0.5) is 11.4 Å². The molecule has 3 rings (SSSR count). The van der Waals surface area contributed by atoms with E-state index in [9.17, 15) is 23.3 Å². The molecule has 1 amide bonds. The standard InChI is InChI=1S/C18H19N3O7S/c1-12(18(22)19-10-13-6-7-16-17(8-13)28-11-27-16)20(29(2,25)26)14-4-3-5-15(9-14)21(23)24/h3-9,12H,10-11H2,1-2H3,(H,19,22). The molecule has 0 aliphatic carbocycles. The van der Waals surface area contributed by atoms with Gasteiger partial charge in [-0.1, -0.05) is 12.1 Å². The third kappa shape index (κ3) is 4.57. The maximum absolute atomic E-state index is 12.6. The summed E-state index contributed by atoms with van der Waals surface area (Å²) in [5.41, 5.74) is 0.507. The van der Waals surface area contributed by atoms with Crippen molar-refractivity contribution < 1.29 is 27.6 Å². The molecule has 0 aromatic heterocycles. The minimum Gasteiger partial charge on any atom is -0.454 e. The lowest BCUT2D eigenvalue weighted by Crippen LogP contribution is -2.47. The van der Waals surface area contributed by atoms with E-state index in [0.717, 1.165) is 22.2 Å². The molecule has 1 atom stereocenters. The lowest BCUT2D eigenvalue weighted by Gasteiger charge is -2.28. The number of non-ortho nitro benzene ring substituents is 1. The highest BCUT2D eigenvalue weighted by Gasteiger charge is 2.30. The Kier molecular flexibility index (Phi) is 5.59. The van der Waals surface area contributed by atoms with Gasteiger partial charge in [-0.15, -0.1) is 0 Å². The summed E-state index contributed by atoms with van der Waals surface area (Å²) in [7, 11) is -3.88. The van der Waals surface area contributed by atoms with Crippen LogP contribution < -0.4 is 19.1 Å². The first-order chi connectivity index (χ1) is 13.7. The van der Waals surface area contributed by atoms with Crippen LogP contribution in [-0.2, 0) is 21.4 Å². The molecule has 0 radical (unpaired) electrons. The van der Waals surface area contributed by atoms with Crippen LogP contribution in [0.1, 0.15) is 12.5 Å². The van der Waals surface area contributed by atoms with Gasteiger partial charge in [0.15, 0.2) is 11.5 Å². The van der Waals surface area contributed by atoms with E-state index in [0.29, 0.717) is 11.5 Å². The van der Waals surface area contributed by atoms with E-state index in [4.69, 9.17) is 9.47 Å². The van der Waals surface area contributed by atoms with Crippen molar-refractivity contribution in [2.24, 2.45) is 0 Å². The minimum absolute atomic E-state index is 0.0347. The zero-order valence-electron chi connectivity index (χ0n) is 15.7. The van der Waals surface area contributed by atoms with E-state index in [1.807, 2.05) is 0 Å². The molecule has 1 aliphatic heterocycles. The summed E-state index contributed by atoms with van der Waals surface area (Å²) in [5, 5.41) is 13.7. The van der Waals surface area contributed by atoms with Crippen LogP contribution in [0.5, 0.6) is 11.5 Å². The zero-order valence-corrected chi connectivity index (χ0v) is 16.5. The Morgan fingerprint density at radius 1 is 1.24 bits per heavy atom. The Bertz CT molecular complexity index is 1060. The van der Waals surface area contributed by atoms with Gasteiger partial charge in [-0.2, -0.15) is 0 Å². The van der Waals surface area contributed by atoms with E-state index in [1.54, 1.807) is 18.2 Å². The number of nitrogens with one attached hydrogen (secondary N) is 1. The second-order valence-corrected chi connectivity index (χ2v) is 8.28. The maximum Gasteiger partial charge on any atom is 0.271 e.